The number of carbonyl (C=O) groups is 1. The van der Waals surface area contributed by atoms with Crippen molar-refractivity contribution >= 4 is 51.6 Å². The smallest absolute Gasteiger partial charge is 0.162 e. The van der Waals surface area contributed by atoms with Gasteiger partial charge in [0.05, 0.1) is 16.1 Å². The van der Waals surface area contributed by atoms with Crippen molar-refractivity contribution < 1.29 is 4.79 Å². The van der Waals surface area contributed by atoms with Crippen molar-refractivity contribution in [2.75, 3.05) is 0 Å². The van der Waals surface area contributed by atoms with Gasteiger partial charge in [0.2, 0.25) is 0 Å². The van der Waals surface area contributed by atoms with Crippen LogP contribution in [-0.4, -0.2) is 10.8 Å². The van der Waals surface area contributed by atoms with E-state index in [9.17, 15) is 4.79 Å². The van der Waals surface area contributed by atoms with Crippen LogP contribution in [0.1, 0.15) is 22.8 Å². The maximum absolute atomic E-state index is 12.2. The minimum atomic E-state index is -0.00617. The van der Waals surface area contributed by atoms with E-state index in [0.717, 1.165) is 21.4 Å². The molecule has 0 fully saturated rings. The Labute approximate surface area is 148 Å². The second-order valence-corrected chi connectivity index (χ2v) is 7.04. The van der Waals surface area contributed by atoms with E-state index in [1.54, 1.807) is 19.1 Å². The minimum Gasteiger partial charge on any atom is -0.294 e. The van der Waals surface area contributed by atoms with Gasteiger partial charge in [-0.3, -0.25) is 4.79 Å². The molecule has 0 spiro atoms. The largest absolute Gasteiger partial charge is 0.294 e. The Kier molecular flexibility index (Phi) is 4.62. The summed E-state index contributed by atoms with van der Waals surface area (Å²) in [6, 6.07) is 13.1. The van der Waals surface area contributed by atoms with E-state index in [1.807, 2.05) is 37.3 Å². The Balaban J connectivity index is 2.19. The van der Waals surface area contributed by atoms with E-state index in [1.165, 1.54) is 11.8 Å². The molecule has 0 aliphatic rings. The number of fused-ring (bicyclic) bond motifs is 1. The fraction of sp³-hybridized carbons (Fsp3) is 0.111. The number of pyridine rings is 1. The molecule has 0 aliphatic carbocycles. The number of para-hydroxylation sites is 1. The molecule has 116 valence electrons. The Hall–Kier alpha value is -1.55. The molecule has 23 heavy (non-hydrogen) atoms. The summed E-state index contributed by atoms with van der Waals surface area (Å²) in [7, 11) is 0. The highest BCUT2D eigenvalue weighted by Crippen LogP contribution is 2.38. The predicted octanol–water partition coefficient (Wildman–Crippen LogP) is 6.20. The summed E-state index contributed by atoms with van der Waals surface area (Å²) >= 11 is 13.6. The SMILES string of the molecule is CC(=O)c1c(Sc2ccc(Cl)cc2Cl)nc2ccccc2c1C. The molecule has 2 aromatic carbocycles. The molecule has 0 N–H and O–H groups in total. The quantitative estimate of drug-likeness (QED) is 0.519. The highest BCUT2D eigenvalue weighted by Gasteiger charge is 2.17. The maximum atomic E-state index is 12.2. The van der Waals surface area contributed by atoms with Crippen LogP contribution < -0.4 is 0 Å². The molecule has 0 amide bonds. The second-order valence-electron chi connectivity index (χ2n) is 5.17. The highest BCUT2D eigenvalue weighted by atomic mass is 35.5. The number of Topliss-reactive ketones (excluding diaryl/α,β-unsaturated/α-hetero) is 1. The number of nitrogens with zero attached hydrogens (tertiary/aromatic N) is 1. The third kappa shape index (κ3) is 3.23. The van der Waals surface area contributed by atoms with Gasteiger partial charge in [-0.05, 0) is 43.7 Å². The highest BCUT2D eigenvalue weighted by molar-refractivity contribution is 7.99. The van der Waals surface area contributed by atoms with Crippen molar-refractivity contribution in [2.45, 2.75) is 23.8 Å². The topological polar surface area (TPSA) is 30.0 Å². The van der Waals surface area contributed by atoms with Crippen LogP contribution in [0.3, 0.4) is 0 Å². The van der Waals surface area contributed by atoms with Crippen molar-refractivity contribution in [3.05, 3.63) is 63.6 Å². The van der Waals surface area contributed by atoms with Gasteiger partial charge in [0.15, 0.2) is 5.78 Å². The number of ketones is 1. The summed E-state index contributed by atoms with van der Waals surface area (Å²) < 4.78 is 0. The lowest BCUT2D eigenvalue weighted by Crippen LogP contribution is -2.03. The van der Waals surface area contributed by atoms with Gasteiger partial charge in [0.25, 0.3) is 0 Å². The van der Waals surface area contributed by atoms with E-state index in [4.69, 9.17) is 23.2 Å². The standard InChI is InChI=1S/C18H13Cl2NOS/c1-10-13-5-3-4-6-15(13)21-18(17(10)11(2)22)23-16-8-7-12(19)9-14(16)20/h3-9H,1-2H3. The fourth-order valence-corrected chi connectivity index (χ4v) is 4.07. The number of hydrogen-bond acceptors (Lipinski definition) is 3. The number of benzene rings is 2. The number of carbonyl (C=O) groups excluding carboxylic acids is 1. The lowest BCUT2D eigenvalue weighted by atomic mass is 10.0. The van der Waals surface area contributed by atoms with Gasteiger partial charge in [0, 0.05) is 15.3 Å². The summed E-state index contributed by atoms with van der Waals surface area (Å²) in [5.74, 6) is -0.00617. The predicted molar refractivity (Wildman–Crippen MR) is 97.1 cm³/mol. The average Bonchev–Trinajstić information content (AvgIpc) is 2.50. The molecule has 0 bridgehead atoms. The number of aromatic nitrogens is 1. The third-order valence-corrected chi connectivity index (χ3v) is 5.30. The summed E-state index contributed by atoms with van der Waals surface area (Å²) in [5.41, 5.74) is 2.44. The molecule has 2 nitrogen and oxygen atoms in total. The van der Waals surface area contributed by atoms with Crippen LogP contribution in [0.15, 0.2) is 52.4 Å². The first-order valence-electron chi connectivity index (χ1n) is 7.00. The van der Waals surface area contributed by atoms with Gasteiger partial charge in [-0.15, -0.1) is 0 Å². The molecule has 3 aromatic rings. The lowest BCUT2D eigenvalue weighted by molar-refractivity contribution is 0.101. The van der Waals surface area contributed by atoms with Crippen LogP contribution in [0, 0.1) is 6.92 Å². The Morgan fingerprint density at radius 2 is 1.87 bits per heavy atom. The van der Waals surface area contributed by atoms with Gasteiger partial charge in [-0.25, -0.2) is 4.98 Å². The molecule has 5 heteroatoms. The first-order chi connectivity index (χ1) is 11.0. The van der Waals surface area contributed by atoms with Gasteiger partial charge in [0.1, 0.15) is 5.03 Å². The fourth-order valence-electron chi connectivity index (χ4n) is 2.50. The first-order valence-corrected chi connectivity index (χ1v) is 8.58. The van der Waals surface area contributed by atoms with Crippen molar-refractivity contribution in [3.8, 4) is 0 Å². The zero-order valence-electron chi connectivity index (χ0n) is 12.6. The Morgan fingerprint density at radius 3 is 2.57 bits per heavy atom. The molecule has 0 radical (unpaired) electrons. The summed E-state index contributed by atoms with van der Waals surface area (Å²) in [4.78, 5) is 17.6. The molecule has 0 saturated carbocycles. The molecular weight excluding hydrogens is 349 g/mol. The molecule has 0 saturated heterocycles. The lowest BCUT2D eigenvalue weighted by Gasteiger charge is -2.13. The monoisotopic (exact) mass is 361 g/mol. The van der Waals surface area contributed by atoms with Crippen molar-refractivity contribution in [2.24, 2.45) is 0 Å². The van der Waals surface area contributed by atoms with Crippen LogP contribution in [0.4, 0.5) is 0 Å². The number of rotatable bonds is 3. The molecule has 1 aromatic heterocycles. The number of halogens is 2. The van der Waals surface area contributed by atoms with Gasteiger partial charge >= 0.3 is 0 Å². The average molecular weight is 362 g/mol. The normalized spacial score (nSPS) is 11.0. The molecule has 3 rings (SSSR count). The Morgan fingerprint density at radius 1 is 1.13 bits per heavy atom. The number of hydrogen-bond donors (Lipinski definition) is 0. The zero-order chi connectivity index (χ0) is 16.6. The van der Waals surface area contributed by atoms with Crippen molar-refractivity contribution in [1.82, 2.24) is 4.98 Å². The van der Waals surface area contributed by atoms with Gasteiger partial charge < -0.3 is 0 Å². The van der Waals surface area contributed by atoms with Gasteiger partial charge in [-0.1, -0.05) is 53.2 Å². The molecule has 1 heterocycles. The minimum absolute atomic E-state index is 0.00617. The maximum Gasteiger partial charge on any atom is 0.162 e. The molecule has 0 unspecified atom stereocenters. The summed E-state index contributed by atoms with van der Waals surface area (Å²) in [6.45, 7) is 3.51. The van der Waals surface area contributed by atoms with Crippen LogP contribution in [-0.2, 0) is 0 Å². The van der Waals surface area contributed by atoms with Crippen LogP contribution >= 0.6 is 35.0 Å². The van der Waals surface area contributed by atoms with E-state index >= 15 is 0 Å². The van der Waals surface area contributed by atoms with E-state index in [-0.39, 0.29) is 5.78 Å². The summed E-state index contributed by atoms with van der Waals surface area (Å²) in [5, 5.41) is 2.78. The molecule has 0 aliphatic heterocycles. The Bertz CT molecular complexity index is 924. The van der Waals surface area contributed by atoms with Crippen LogP contribution in [0.5, 0.6) is 0 Å². The van der Waals surface area contributed by atoms with Crippen molar-refractivity contribution in [1.29, 1.82) is 0 Å². The third-order valence-electron chi connectivity index (χ3n) is 3.57. The molecule has 0 atom stereocenters. The zero-order valence-corrected chi connectivity index (χ0v) is 14.9. The van der Waals surface area contributed by atoms with Crippen LogP contribution in [0.25, 0.3) is 10.9 Å². The number of aryl methyl sites for hydroxylation is 1. The second kappa shape index (κ2) is 6.52. The van der Waals surface area contributed by atoms with Gasteiger partial charge in [-0.2, -0.15) is 0 Å². The first kappa shape index (κ1) is 16.3. The van der Waals surface area contributed by atoms with E-state index < -0.39 is 0 Å². The van der Waals surface area contributed by atoms with E-state index in [2.05, 4.69) is 4.98 Å². The summed E-state index contributed by atoms with van der Waals surface area (Å²) in [6.07, 6.45) is 0. The van der Waals surface area contributed by atoms with Crippen molar-refractivity contribution in [3.63, 3.8) is 0 Å². The van der Waals surface area contributed by atoms with E-state index in [0.29, 0.717) is 20.6 Å². The van der Waals surface area contributed by atoms with Crippen LogP contribution in [0.2, 0.25) is 10.0 Å². The molecular formula is C18H13Cl2NOS.